The Morgan fingerprint density at radius 3 is 1.54 bits per heavy atom. The van der Waals surface area contributed by atoms with Crippen LogP contribution in [0.3, 0.4) is 0 Å². The first-order chi connectivity index (χ1) is 11.6. The summed E-state index contributed by atoms with van der Waals surface area (Å²) in [6.45, 7) is 1.57. The summed E-state index contributed by atoms with van der Waals surface area (Å²) in [7, 11) is 0. The minimum absolute atomic E-state index is 0.230. The smallest absolute Gasteiger partial charge is 0.180 e. The largest absolute Gasteiger partial charge is 0.378 e. The first-order valence-corrected chi connectivity index (χ1v) is 8.03. The second-order valence-electron chi connectivity index (χ2n) is 6.06. The van der Waals surface area contributed by atoms with Crippen LogP contribution in [0.5, 0.6) is 0 Å². The number of carbonyl (C=O) groups excluding carboxylic acids is 1. The van der Waals surface area contributed by atoms with Gasteiger partial charge in [-0.1, -0.05) is 91.0 Å². The number of hydrogen-bond acceptors (Lipinski definition) is 2. The Bertz CT molecular complexity index is 754. The van der Waals surface area contributed by atoms with Gasteiger partial charge in [0.05, 0.1) is 5.92 Å². The van der Waals surface area contributed by atoms with E-state index in [1.165, 1.54) is 0 Å². The number of hydrogen-bond donors (Lipinski definition) is 1. The van der Waals surface area contributed by atoms with Crippen LogP contribution in [0.1, 0.15) is 29.5 Å². The Labute approximate surface area is 142 Å². The molecule has 3 aromatic rings. The first-order valence-electron chi connectivity index (χ1n) is 8.03. The van der Waals surface area contributed by atoms with Gasteiger partial charge in [-0.2, -0.15) is 0 Å². The maximum absolute atomic E-state index is 13.3. The summed E-state index contributed by atoms with van der Waals surface area (Å²) in [6, 6.07) is 28.3. The molecular formula is C22H20O2. The second kappa shape index (κ2) is 6.81. The molecule has 0 spiro atoms. The van der Waals surface area contributed by atoms with Crippen LogP contribution in [0.15, 0.2) is 91.0 Å². The van der Waals surface area contributed by atoms with Gasteiger partial charge in [-0.15, -0.1) is 0 Å². The molecule has 3 aromatic carbocycles. The Balaban J connectivity index is 2.08. The molecule has 0 heterocycles. The van der Waals surface area contributed by atoms with Crippen molar-refractivity contribution >= 4 is 5.78 Å². The molecule has 0 aliphatic carbocycles. The lowest BCUT2D eigenvalue weighted by Crippen LogP contribution is -2.36. The molecule has 3 rings (SSSR count). The van der Waals surface area contributed by atoms with Gasteiger partial charge < -0.3 is 5.11 Å². The standard InChI is InChI=1S/C22H20O2/c1-22(24,19-15-9-4-10-16-19)21(23)20(17-11-5-2-6-12-17)18-13-7-3-8-14-18/h2-16,20,24H,1H3. The van der Waals surface area contributed by atoms with E-state index in [4.69, 9.17) is 0 Å². The SMILES string of the molecule is CC(O)(C(=O)C(c1ccccc1)c1ccccc1)c1ccccc1. The fraction of sp³-hybridized carbons (Fsp3) is 0.136. The van der Waals surface area contributed by atoms with E-state index in [-0.39, 0.29) is 5.78 Å². The van der Waals surface area contributed by atoms with Crippen LogP contribution >= 0.6 is 0 Å². The predicted octanol–water partition coefficient (Wildman–Crippen LogP) is 4.30. The number of Topliss-reactive ketones (excluding diaryl/α,β-unsaturated/α-hetero) is 1. The highest BCUT2D eigenvalue weighted by molar-refractivity contribution is 5.96. The third-order valence-corrected chi connectivity index (χ3v) is 4.34. The van der Waals surface area contributed by atoms with E-state index in [0.717, 1.165) is 11.1 Å². The lowest BCUT2D eigenvalue weighted by Gasteiger charge is -2.28. The van der Waals surface area contributed by atoms with Gasteiger partial charge in [-0.25, -0.2) is 0 Å². The van der Waals surface area contributed by atoms with Gasteiger partial charge in [0.1, 0.15) is 5.60 Å². The van der Waals surface area contributed by atoms with Crippen LogP contribution in [0.4, 0.5) is 0 Å². The molecule has 0 aliphatic rings. The highest BCUT2D eigenvalue weighted by Gasteiger charge is 2.38. The zero-order valence-corrected chi connectivity index (χ0v) is 13.6. The number of ketones is 1. The zero-order chi connectivity index (χ0) is 17.0. The molecule has 0 radical (unpaired) electrons. The van der Waals surface area contributed by atoms with Crippen molar-refractivity contribution in [2.24, 2.45) is 0 Å². The summed E-state index contributed by atoms with van der Waals surface area (Å²) in [4.78, 5) is 13.3. The first kappa shape index (κ1) is 16.2. The molecule has 1 atom stereocenters. The molecule has 0 aliphatic heterocycles. The molecule has 2 nitrogen and oxygen atoms in total. The van der Waals surface area contributed by atoms with Gasteiger partial charge in [-0.05, 0) is 23.6 Å². The average molecular weight is 316 g/mol. The maximum atomic E-state index is 13.3. The normalized spacial score (nSPS) is 13.5. The second-order valence-corrected chi connectivity index (χ2v) is 6.06. The molecule has 0 fully saturated rings. The topological polar surface area (TPSA) is 37.3 Å². The lowest BCUT2D eigenvalue weighted by atomic mass is 9.78. The Morgan fingerprint density at radius 1 is 0.750 bits per heavy atom. The average Bonchev–Trinajstić information content (AvgIpc) is 2.64. The number of carbonyl (C=O) groups is 1. The van der Waals surface area contributed by atoms with Gasteiger partial charge >= 0.3 is 0 Å². The molecule has 120 valence electrons. The highest BCUT2D eigenvalue weighted by Crippen LogP contribution is 2.34. The van der Waals surface area contributed by atoms with Crippen molar-refractivity contribution in [2.45, 2.75) is 18.4 Å². The van der Waals surface area contributed by atoms with E-state index in [2.05, 4.69) is 0 Å². The van der Waals surface area contributed by atoms with Crippen molar-refractivity contribution in [1.29, 1.82) is 0 Å². The third-order valence-electron chi connectivity index (χ3n) is 4.34. The van der Waals surface area contributed by atoms with Gasteiger partial charge in [0.15, 0.2) is 5.78 Å². The van der Waals surface area contributed by atoms with E-state index in [1.807, 2.05) is 78.9 Å². The van der Waals surface area contributed by atoms with E-state index in [0.29, 0.717) is 5.56 Å². The molecule has 0 saturated carbocycles. The minimum atomic E-state index is -1.56. The third kappa shape index (κ3) is 3.15. The van der Waals surface area contributed by atoms with Crippen molar-refractivity contribution in [3.63, 3.8) is 0 Å². The van der Waals surface area contributed by atoms with Crippen molar-refractivity contribution < 1.29 is 9.90 Å². The molecule has 2 heteroatoms. The van der Waals surface area contributed by atoms with Crippen LogP contribution in [0.25, 0.3) is 0 Å². The van der Waals surface area contributed by atoms with Crippen LogP contribution in [0, 0.1) is 0 Å². The molecule has 0 amide bonds. The quantitative estimate of drug-likeness (QED) is 0.762. The molecule has 24 heavy (non-hydrogen) atoms. The highest BCUT2D eigenvalue weighted by atomic mass is 16.3. The zero-order valence-electron chi connectivity index (χ0n) is 13.6. The lowest BCUT2D eigenvalue weighted by molar-refractivity contribution is -0.137. The predicted molar refractivity (Wildman–Crippen MR) is 95.7 cm³/mol. The summed E-state index contributed by atoms with van der Waals surface area (Å²) >= 11 is 0. The van der Waals surface area contributed by atoms with Crippen LogP contribution in [-0.4, -0.2) is 10.9 Å². The Morgan fingerprint density at radius 2 is 1.12 bits per heavy atom. The molecule has 0 saturated heterocycles. The number of aliphatic hydroxyl groups is 1. The summed E-state index contributed by atoms with van der Waals surface area (Å²) in [6.07, 6.45) is 0. The monoisotopic (exact) mass is 316 g/mol. The molecule has 0 aromatic heterocycles. The van der Waals surface area contributed by atoms with Gasteiger partial charge in [-0.3, -0.25) is 4.79 Å². The maximum Gasteiger partial charge on any atom is 0.180 e. The fourth-order valence-electron chi connectivity index (χ4n) is 2.97. The molecule has 1 unspecified atom stereocenters. The van der Waals surface area contributed by atoms with Gasteiger partial charge in [0.25, 0.3) is 0 Å². The molecule has 0 bridgehead atoms. The van der Waals surface area contributed by atoms with E-state index in [9.17, 15) is 9.90 Å². The van der Waals surface area contributed by atoms with Crippen molar-refractivity contribution in [3.8, 4) is 0 Å². The van der Waals surface area contributed by atoms with E-state index >= 15 is 0 Å². The van der Waals surface area contributed by atoms with Crippen LogP contribution < -0.4 is 0 Å². The van der Waals surface area contributed by atoms with E-state index in [1.54, 1.807) is 19.1 Å². The van der Waals surface area contributed by atoms with E-state index < -0.39 is 11.5 Å². The van der Waals surface area contributed by atoms with Gasteiger partial charge in [0, 0.05) is 0 Å². The minimum Gasteiger partial charge on any atom is -0.378 e. The summed E-state index contributed by atoms with van der Waals surface area (Å²) in [5.74, 6) is -0.742. The van der Waals surface area contributed by atoms with Crippen LogP contribution in [0.2, 0.25) is 0 Å². The van der Waals surface area contributed by atoms with Crippen molar-refractivity contribution in [1.82, 2.24) is 0 Å². The van der Waals surface area contributed by atoms with Gasteiger partial charge in [0.2, 0.25) is 0 Å². The molecule has 1 N–H and O–H groups in total. The summed E-state index contributed by atoms with van der Waals surface area (Å²) < 4.78 is 0. The van der Waals surface area contributed by atoms with Crippen LogP contribution in [-0.2, 0) is 10.4 Å². The fourth-order valence-corrected chi connectivity index (χ4v) is 2.97. The Kier molecular flexibility index (Phi) is 4.59. The summed E-state index contributed by atoms with van der Waals surface area (Å²) in [5.41, 5.74) is 0.805. The summed E-state index contributed by atoms with van der Waals surface area (Å²) in [5, 5.41) is 11.0. The Hall–Kier alpha value is -2.71. The van der Waals surface area contributed by atoms with Crippen molar-refractivity contribution in [3.05, 3.63) is 108 Å². The number of benzene rings is 3. The number of rotatable bonds is 5. The van der Waals surface area contributed by atoms with Crippen molar-refractivity contribution in [2.75, 3.05) is 0 Å². The molecular weight excluding hydrogens is 296 g/mol.